The molecule has 3 heterocycles. The van der Waals surface area contributed by atoms with Crippen LogP contribution in [0.15, 0.2) is 14.4 Å². The van der Waals surface area contributed by atoms with E-state index < -0.39 is 16.7 Å². The zero-order valence-electron chi connectivity index (χ0n) is 10.2. The second-order valence-corrected chi connectivity index (χ2v) is 4.09. The Hall–Kier alpha value is -2.71. The van der Waals surface area contributed by atoms with Crippen LogP contribution < -0.4 is 16.7 Å². The molecule has 9 nitrogen and oxygen atoms in total. The van der Waals surface area contributed by atoms with Crippen molar-refractivity contribution in [3.8, 4) is 0 Å². The van der Waals surface area contributed by atoms with Gasteiger partial charge in [-0.15, -0.1) is 5.10 Å². The van der Waals surface area contributed by atoms with Gasteiger partial charge in [0.05, 0.1) is 0 Å². The predicted octanol–water partition coefficient (Wildman–Crippen LogP) is -1.32. The van der Waals surface area contributed by atoms with Crippen molar-refractivity contribution < 1.29 is 0 Å². The average Bonchev–Trinajstić information content (AvgIpc) is 2.85. The van der Waals surface area contributed by atoms with Gasteiger partial charge in [-0.05, 0) is 6.92 Å². The lowest BCUT2D eigenvalue weighted by Gasteiger charge is -2.08. The molecule has 0 aromatic carbocycles. The van der Waals surface area contributed by atoms with Gasteiger partial charge >= 0.3 is 5.69 Å². The van der Waals surface area contributed by atoms with Crippen molar-refractivity contribution in [1.29, 1.82) is 0 Å². The van der Waals surface area contributed by atoms with Crippen molar-refractivity contribution >= 4 is 22.2 Å². The molecule has 0 aliphatic carbocycles. The third kappa shape index (κ3) is 1.32. The zero-order valence-corrected chi connectivity index (χ0v) is 10.2. The monoisotopic (exact) mass is 262 g/mol. The molecule has 9 heteroatoms. The van der Waals surface area contributed by atoms with Crippen LogP contribution in [0, 0.1) is 0 Å². The molecule has 3 aromatic heterocycles. The molecular weight excluding hydrogens is 252 g/mol. The first-order valence-electron chi connectivity index (χ1n) is 5.62. The number of aromatic amines is 2. The van der Waals surface area contributed by atoms with Gasteiger partial charge in [-0.2, -0.15) is 10.3 Å². The van der Waals surface area contributed by atoms with E-state index in [9.17, 15) is 14.4 Å². The summed E-state index contributed by atoms with van der Waals surface area (Å²) in [6.07, 6.45) is 0. The fraction of sp³-hybridized carbons (Fsp3) is 0.300. The molecule has 0 saturated carbocycles. The predicted molar refractivity (Wildman–Crippen MR) is 67.2 cm³/mol. The maximum absolute atomic E-state index is 12.2. The normalized spacial score (nSPS) is 11.5. The van der Waals surface area contributed by atoms with Gasteiger partial charge in [0, 0.05) is 13.6 Å². The minimum Gasteiger partial charge on any atom is -0.322 e. The van der Waals surface area contributed by atoms with Gasteiger partial charge in [0.2, 0.25) is 5.43 Å². The molecule has 0 bridgehead atoms. The summed E-state index contributed by atoms with van der Waals surface area (Å²) in [4.78, 5) is 39.1. The number of H-pyrrole nitrogens is 2. The summed E-state index contributed by atoms with van der Waals surface area (Å²) in [6.45, 7) is 2.07. The third-order valence-corrected chi connectivity index (χ3v) is 3.09. The van der Waals surface area contributed by atoms with Gasteiger partial charge < -0.3 is 4.98 Å². The Morgan fingerprint density at radius 2 is 1.95 bits per heavy atom. The Kier molecular flexibility index (Phi) is 2.18. The highest BCUT2D eigenvalue weighted by molar-refractivity contribution is 5.86. The fourth-order valence-electron chi connectivity index (χ4n) is 2.10. The van der Waals surface area contributed by atoms with Crippen LogP contribution in [0.5, 0.6) is 0 Å². The Bertz CT molecular complexity index is 973. The molecule has 0 amide bonds. The first kappa shape index (κ1) is 11.4. The van der Waals surface area contributed by atoms with E-state index in [4.69, 9.17) is 0 Å². The van der Waals surface area contributed by atoms with E-state index in [1.807, 2.05) is 0 Å². The van der Waals surface area contributed by atoms with Crippen LogP contribution in [0.25, 0.3) is 22.2 Å². The van der Waals surface area contributed by atoms with Crippen LogP contribution in [0.1, 0.15) is 6.92 Å². The van der Waals surface area contributed by atoms with Gasteiger partial charge in [0.1, 0.15) is 11.0 Å². The lowest BCUT2D eigenvalue weighted by atomic mass is 10.3. The van der Waals surface area contributed by atoms with Gasteiger partial charge in [-0.25, -0.2) is 4.79 Å². The molecule has 0 aliphatic rings. The topological polar surface area (TPSA) is 118 Å². The Balaban J connectivity index is 2.78. The average molecular weight is 262 g/mol. The molecule has 0 spiro atoms. The maximum Gasteiger partial charge on any atom is 0.332 e. The van der Waals surface area contributed by atoms with E-state index in [0.717, 1.165) is 4.57 Å². The molecule has 2 N–H and O–H groups in total. The highest BCUT2D eigenvalue weighted by Gasteiger charge is 2.17. The van der Waals surface area contributed by atoms with Crippen LogP contribution >= 0.6 is 0 Å². The number of aryl methyl sites for hydroxylation is 1. The minimum atomic E-state index is -0.643. The van der Waals surface area contributed by atoms with Crippen molar-refractivity contribution in [3.63, 3.8) is 0 Å². The quantitative estimate of drug-likeness (QED) is 0.563. The minimum absolute atomic E-state index is 0.0471. The van der Waals surface area contributed by atoms with Crippen molar-refractivity contribution in [1.82, 2.24) is 29.5 Å². The molecule has 0 aliphatic heterocycles. The van der Waals surface area contributed by atoms with Gasteiger partial charge in [0.25, 0.3) is 5.56 Å². The number of hydrogen-bond donors (Lipinski definition) is 2. The van der Waals surface area contributed by atoms with E-state index >= 15 is 0 Å². The number of hydrogen-bond acceptors (Lipinski definition) is 5. The lowest BCUT2D eigenvalue weighted by Crippen LogP contribution is -2.40. The molecular formula is C10H10N6O3. The van der Waals surface area contributed by atoms with Crippen LogP contribution in [-0.4, -0.2) is 29.5 Å². The van der Waals surface area contributed by atoms with E-state index in [0.29, 0.717) is 6.54 Å². The van der Waals surface area contributed by atoms with Crippen molar-refractivity contribution in [2.75, 3.05) is 0 Å². The molecule has 0 unspecified atom stereocenters. The highest BCUT2D eigenvalue weighted by Crippen LogP contribution is 2.06. The molecule has 19 heavy (non-hydrogen) atoms. The number of fused-ring (bicyclic) bond motifs is 2. The Morgan fingerprint density at radius 3 is 2.63 bits per heavy atom. The summed E-state index contributed by atoms with van der Waals surface area (Å²) in [5.74, 6) is 0. The lowest BCUT2D eigenvalue weighted by molar-refractivity contribution is 0.651. The Morgan fingerprint density at radius 1 is 1.21 bits per heavy atom. The van der Waals surface area contributed by atoms with Gasteiger partial charge in [-0.3, -0.25) is 18.7 Å². The summed E-state index contributed by atoms with van der Waals surface area (Å²) in [7, 11) is 1.34. The number of pyridine rings is 1. The van der Waals surface area contributed by atoms with Crippen molar-refractivity contribution in [3.05, 3.63) is 31.1 Å². The second kappa shape index (κ2) is 3.64. The van der Waals surface area contributed by atoms with Crippen LogP contribution in [0.4, 0.5) is 0 Å². The second-order valence-electron chi connectivity index (χ2n) is 4.09. The number of rotatable bonds is 1. The molecule has 0 atom stereocenters. The third-order valence-electron chi connectivity index (χ3n) is 3.09. The molecule has 0 saturated heterocycles. The molecule has 3 rings (SSSR count). The number of aromatic nitrogens is 6. The Labute approximate surface area is 104 Å². The summed E-state index contributed by atoms with van der Waals surface area (Å²) < 4.78 is 2.22. The van der Waals surface area contributed by atoms with Gasteiger partial charge in [0.15, 0.2) is 11.2 Å². The zero-order chi connectivity index (χ0) is 13.7. The summed E-state index contributed by atoms with van der Waals surface area (Å²) in [6, 6.07) is 0. The largest absolute Gasteiger partial charge is 0.332 e. The van der Waals surface area contributed by atoms with Crippen molar-refractivity contribution in [2.24, 2.45) is 7.05 Å². The van der Waals surface area contributed by atoms with E-state index in [1.165, 1.54) is 11.6 Å². The standard InChI is InChI=1S/C10H10N6O3/c1-3-16-8-4(9(18)15(2)10(16)19)6(17)5-7(11-8)13-14-12-5/h3H2,1-2H3,(H2,11,12,13,14,17). The summed E-state index contributed by atoms with van der Waals surface area (Å²) >= 11 is 0. The van der Waals surface area contributed by atoms with E-state index in [-0.39, 0.29) is 22.2 Å². The fourth-order valence-corrected chi connectivity index (χ4v) is 2.10. The number of nitrogens with one attached hydrogen (secondary N) is 2. The van der Waals surface area contributed by atoms with Crippen LogP contribution in [-0.2, 0) is 13.6 Å². The van der Waals surface area contributed by atoms with Crippen LogP contribution in [0.2, 0.25) is 0 Å². The highest BCUT2D eigenvalue weighted by atomic mass is 16.2. The van der Waals surface area contributed by atoms with Crippen LogP contribution in [0.3, 0.4) is 0 Å². The van der Waals surface area contributed by atoms with E-state index in [1.54, 1.807) is 6.92 Å². The summed E-state index contributed by atoms with van der Waals surface area (Å²) in [5, 5.41) is 9.69. The molecule has 0 fully saturated rings. The summed E-state index contributed by atoms with van der Waals surface area (Å²) in [5.41, 5.74) is -1.24. The first-order chi connectivity index (χ1) is 9.06. The molecule has 3 aromatic rings. The maximum atomic E-state index is 12.2. The first-order valence-corrected chi connectivity index (χ1v) is 5.62. The molecule has 0 radical (unpaired) electrons. The van der Waals surface area contributed by atoms with E-state index in [2.05, 4.69) is 20.4 Å². The molecule has 98 valence electrons. The SMILES string of the molecule is CCn1c(=O)n(C)c(=O)c2c(=O)c3n[nH]nc3[nH]c21. The van der Waals surface area contributed by atoms with Gasteiger partial charge in [-0.1, -0.05) is 0 Å². The number of nitrogens with zero attached hydrogens (tertiary/aromatic N) is 4. The van der Waals surface area contributed by atoms with Crippen molar-refractivity contribution in [2.45, 2.75) is 13.5 Å². The smallest absolute Gasteiger partial charge is 0.322 e.